The fourth-order valence-electron chi connectivity index (χ4n) is 2.47. The molecule has 2 saturated heterocycles. The fourth-order valence-corrected chi connectivity index (χ4v) is 2.47. The third-order valence-corrected chi connectivity index (χ3v) is 3.65. The number of aromatic nitrogens is 2. The van der Waals surface area contributed by atoms with E-state index in [4.69, 9.17) is 4.74 Å². The van der Waals surface area contributed by atoms with E-state index in [1.807, 2.05) is 0 Å². The SMILES string of the molecule is O=C(NC1CCOCC1)NC1CN(c2cnccn2)C1. The van der Waals surface area contributed by atoms with Gasteiger partial charge in [-0.3, -0.25) is 4.98 Å². The largest absolute Gasteiger partial charge is 0.381 e. The lowest BCUT2D eigenvalue weighted by Gasteiger charge is -2.40. The molecule has 1 aromatic rings. The van der Waals surface area contributed by atoms with Gasteiger partial charge < -0.3 is 20.3 Å². The van der Waals surface area contributed by atoms with Gasteiger partial charge in [-0.15, -0.1) is 0 Å². The summed E-state index contributed by atoms with van der Waals surface area (Å²) < 4.78 is 5.27. The molecule has 1 aromatic heterocycles. The third kappa shape index (κ3) is 3.16. The molecule has 7 nitrogen and oxygen atoms in total. The topological polar surface area (TPSA) is 79.4 Å². The van der Waals surface area contributed by atoms with Crippen molar-refractivity contribution < 1.29 is 9.53 Å². The van der Waals surface area contributed by atoms with Crippen molar-refractivity contribution in [1.82, 2.24) is 20.6 Å². The minimum atomic E-state index is -0.0827. The standard InChI is InChI=1S/C13H19N5O2/c19-13(16-10-1-5-20-6-2-10)17-11-8-18(9-11)12-7-14-3-4-15-12/h3-4,7,10-11H,1-2,5-6,8-9H2,(H2,16,17,19). The minimum Gasteiger partial charge on any atom is -0.381 e. The van der Waals surface area contributed by atoms with Crippen LogP contribution in [0.25, 0.3) is 0 Å². The number of nitrogens with one attached hydrogen (secondary N) is 2. The molecule has 2 amide bonds. The van der Waals surface area contributed by atoms with E-state index in [2.05, 4.69) is 25.5 Å². The molecule has 20 heavy (non-hydrogen) atoms. The zero-order valence-corrected chi connectivity index (χ0v) is 11.3. The van der Waals surface area contributed by atoms with E-state index in [9.17, 15) is 4.79 Å². The number of anilines is 1. The van der Waals surface area contributed by atoms with Crippen molar-refractivity contribution >= 4 is 11.8 Å². The van der Waals surface area contributed by atoms with Crippen molar-refractivity contribution in [3.63, 3.8) is 0 Å². The van der Waals surface area contributed by atoms with Crippen LogP contribution in [0.3, 0.4) is 0 Å². The lowest BCUT2D eigenvalue weighted by atomic mass is 10.1. The molecule has 0 bridgehead atoms. The van der Waals surface area contributed by atoms with Gasteiger partial charge in [0.1, 0.15) is 5.82 Å². The molecular formula is C13H19N5O2. The van der Waals surface area contributed by atoms with Crippen LogP contribution >= 0.6 is 0 Å². The first-order valence-electron chi connectivity index (χ1n) is 6.97. The molecular weight excluding hydrogens is 258 g/mol. The van der Waals surface area contributed by atoms with E-state index in [0.29, 0.717) is 0 Å². The predicted molar refractivity (Wildman–Crippen MR) is 73.5 cm³/mol. The Morgan fingerprint density at radius 2 is 1.95 bits per heavy atom. The number of carbonyl (C=O) groups is 1. The average molecular weight is 277 g/mol. The maximum Gasteiger partial charge on any atom is 0.315 e. The minimum absolute atomic E-state index is 0.0827. The quantitative estimate of drug-likeness (QED) is 0.822. The van der Waals surface area contributed by atoms with Crippen LogP contribution in [0.4, 0.5) is 10.6 Å². The second-order valence-electron chi connectivity index (χ2n) is 5.17. The molecule has 2 aliphatic heterocycles. The summed E-state index contributed by atoms with van der Waals surface area (Å²) in [7, 11) is 0. The van der Waals surface area contributed by atoms with E-state index in [1.54, 1.807) is 18.6 Å². The molecule has 3 heterocycles. The highest BCUT2D eigenvalue weighted by Crippen LogP contribution is 2.16. The number of hydrogen-bond acceptors (Lipinski definition) is 5. The van der Waals surface area contributed by atoms with Gasteiger partial charge in [0.05, 0.1) is 12.2 Å². The van der Waals surface area contributed by atoms with Gasteiger partial charge in [0.2, 0.25) is 0 Å². The number of ether oxygens (including phenoxy) is 1. The number of hydrogen-bond donors (Lipinski definition) is 2. The fraction of sp³-hybridized carbons (Fsp3) is 0.615. The van der Waals surface area contributed by atoms with Crippen LogP contribution in [0, 0.1) is 0 Å². The molecule has 3 rings (SSSR count). The van der Waals surface area contributed by atoms with E-state index in [0.717, 1.165) is 45.0 Å². The molecule has 2 N–H and O–H groups in total. The second-order valence-corrected chi connectivity index (χ2v) is 5.17. The highest BCUT2D eigenvalue weighted by molar-refractivity contribution is 5.75. The van der Waals surface area contributed by atoms with Crippen molar-refractivity contribution in [2.45, 2.75) is 24.9 Å². The highest BCUT2D eigenvalue weighted by atomic mass is 16.5. The summed E-state index contributed by atoms with van der Waals surface area (Å²) in [5, 5.41) is 5.98. The molecule has 108 valence electrons. The van der Waals surface area contributed by atoms with Crippen molar-refractivity contribution in [3.05, 3.63) is 18.6 Å². The molecule has 0 radical (unpaired) electrons. The zero-order chi connectivity index (χ0) is 13.8. The third-order valence-electron chi connectivity index (χ3n) is 3.65. The van der Waals surface area contributed by atoms with Crippen LogP contribution < -0.4 is 15.5 Å². The molecule has 0 atom stereocenters. The Hall–Kier alpha value is -1.89. The molecule has 0 unspecified atom stereocenters. The summed E-state index contributed by atoms with van der Waals surface area (Å²) in [5.41, 5.74) is 0. The van der Waals surface area contributed by atoms with Gasteiger partial charge in [0.15, 0.2) is 0 Å². The summed E-state index contributed by atoms with van der Waals surface area (Å²) in [4.78, 5) is 22.2. The van der Waals surface area contributed by atoms with Gasteiger partial charge >= 0.3 is 6.03 Å². The van der Waals surface area contributed by atoms with Gasteiger partial charge in [0.25, 0.3) is 0 Å². The first kappa shape index (κ1) is 13.1. The second kappa shape index (κ2) is 6.04. The molecule has 2 fully saturated rings. The van der Waals surface area contributed by atoms with Crippen LogP contribution in [0.15, 0.2) is 18.6 Å². The van der Waals surface area contributed by atoms with Crippen LogP contribution in [0.2, 0.25) is 0 Å². The molecule has 0 saturated carbocycles. The van der Waals surface area contributed by atoms with Crippen molar-refractivity contribution in [2.75, 3.05) is 31.2 Å². The summed E-state index contributed by atoms with van der Waals surface area (Å²) in [6.07, 6.45) is 6.85. The smallest absolute Gasteiger partial charge is 0.315 e. The Balaban J connectivity index is 1.39. The van der Waals surface area contributed by atoms with Crippen LogP contribution in [-0.4, -0.2) is 54.4 Å². The lowest BCUT2D eigenvalue weighted by molar-refractivity contribution is 0.0799. The first-order valence-corrected chi connectivity index (χ1v) is 6.97. The van der Waals surface area contributed by atoms with Crippen LogP contribution in [0.5, 0.6) is 0 Å². The van der Waals surface area contributed by atoms with E-state index >= 15 is 0 Å². The van der Waals surface area contributed by atoms with Gasteiger partial charge in [-0.1, -0.05) is 0 Å². The Kier molecular flexibility index (Phi) is 3.96. The molecule has 0 aliphatic carbocycles. The highest BCUT2D eigenvalue weighted by Gasteiger charge is 2.29. The van der Waals surface area contributed by atoms with Crippen LogP contribution in [0.1, 0.15) is 12.8 Å². The van der Waals surface area contributed by atoms with Gasteiger partial charge in [0, 0.05) is 44.7 Å². The lowest BCUT2D eigenvalue weighted by Crippen LogP contribution is -2.62. The molecule has 7 heteroatoms. The maximum absolute atomic E-state index is 11.8. The predicted octanol–water partition coefficient (Wildman–Crippen LogP) is 0.143. The van der Waals surface area contributed by atoms with Crippen molar-refractivity contribution in [2.24, 2.45) is 0 Å². The van der Waals surface area contributed by atoms with Gasteiger partial charge in [-0.25, -0.2) is 9.78 Å². The average Bonchev–Trinajstić information content (AvgIpc) is 2.44. The Labute approximate surface area is 117 Å². The number of carbonyl (C=O) groups excluding carboxylic acids is 1. The number of rotatable bonds is 3. The van der Waals surface area contributed by atoms with Gasteiger partial charge in [-0.05, 0) is 12.8 Å². The number of nitrogens with zero attached hydrogens (tertiary/aromatic N) is 3. The monoisotopic (exact) mass is 277 g/mol. The summed E-state index contributed by atoms with van der Waals surface area (Å²) in [5.74, 6) is 0.857. The summed E-state index contributed by atoms with van der Waals surface area (Å²) in [6, 6.07) is 0.331. The van der Waals surface area contributed by atoms with E-state index in [-0.39, 0.29) is 18.1 Å². The van der Waals surface area contributed by atoms with Crippen molar-refractivity contribution in [1.29, 1.82) is 0 Å². The van der Waals surface area contributed by atoms with E-state index in [1.165, 1.54) is 0 Å². The summed E-state index contributed by atoms with van der Waals surface area (Å²) in [6.45, 7) is 3.02. The maximum atomic E-state index is 11.8. The molecule has 0 spiro atoms. The molecule has 0 aromatic carbocycles. The Morgan fingerprint density at radius 3 is 2.65 bits per heavy atom. The molecule has 2 aliphatic rings. The van der Waals surface area contributed by atoms with Crippen molar-refractivity contribution in [3.8, 4) is 0 Å². The van der Waals surface area contributed by atoms with E-state index < -0.39 is 0 Å². The number of urea groups is 1. The summed E-state index contributed by atoms with van der Waals surface area (Å²) >= 11 is 0. The van der Waals surface area contributed by atoms with Crippen LogP contribution in [-0.2, 0) is 4.74 Å². The zero-order valence-electron chi connectivity index (χ0n) is 11.3. The normalized spacial score (nSPS) is 20.3. The number of amides is 2. The first-order chi connectivity index (χ1) is 9.81. The Bertz CT molecular complexity index is 443. The Morgan fingerprint density at radius 1 is 1.20 bits per heavy atom. The van der Waals surface area contributed by atoms with Gasteiger partial charge in [-0.2, -0.15) is 0 Å².